The largest absolute Gasteiger partial charge is 0.481 e. The van der Waals surface area contributed by atoms with Crippen LogP contribution in [0, 0.1) is 0 Å². The van der Waals surface area contributed by atoms with Crippen molar-refractivity contribution in [3.63, 3.8) is 0 Å². The molecule has 5 rings (SSSR count). The highest BCUT2D eigenvalue weighted by Gasteiger charge is 2.51. The van der Waals surface area contributed by atoms with Crippen LogP contribution in [-0.2, 0) is 22.0 Å². The molecule has 0 radical (unpaired) electrons. The van der Waals surface area contributed by atoms with Gasteiger partial charge in [0.05, 0.1) is 17.3 Å². The third-order valence-corrected chi connectivity index (χ3v) is 6.68. The number of benzene rings is 2. The van der Waals surface area contributed by atoms with Crippen LogP contribution < -0.4 is 5.32 Å². The molecule has 2 aromatic carbocycles. The first-order chi connectivity index (χ1) is 17.4. The van der Waals surface area contributed by atoms with E-state index in [0.717, 1.165) is 33.5 Å². The Labute approximate surface area is 208 Å². The maximum atomic E-state index is 12.6. The lowest BCUT2D eigenvalue weighted by Crippen LogP contribution is -2.19. The second-order valence-electron chi connectivity index (χ2n) is 9.01. The number of hydrogen-bond donors (Lipinski definition) is 2. The highest BCUT2D eigenvalue weighted by Crippen LogP contribution is 2.48. The van der Waals surface area contributed by atoms with Gasteiger partial charge >= 0.3 is 12.1 Å². The summed E-state index contributed by atoms with van der Waals surface area (Å²) in [5.74, 6) is -0.264. The zero-order valence-electron chi connectivity index (χ0n) is 20.0. The molecule has 1 aliphatic carbocycles. The summed E-state index contributed by atoms with van der Waals surface area (Å²) in [5.41, 5.74) is 4.18. The summed E-state index contributed by atoms with van der Waals surface area (Å²) >= 11 is 0. The van der Waals surface area contributed by atoms with Crippen molar-refractivity contribution in [2.75, 3.05) is 5.32 Å². The molecular formula is C28H26N4O4. The average Bonchev–Trinajstić information content (AvgIpc) is 3.64. The van der Waals surface area contributed by atoms with Gasteiger partial charge in [0.15, 0.2) is 0 Å². The maximum absolute atomic E-state index is 12.6. The van der Waals surface area contributed by atoms with Gasteiger partial charge in [-0.25, -0.2) is 4.79 Å². The van der Waals surface area contributed by atoms with Gasteiger partial charge in [0.25, 0.3) is 0 Å². The van der Waals surface area contributed by atoms with Gasteiger partial charge in [-0.1, -0.05) is 60.7 Å². The molecule has 8 nitrogen and oxygen atoms in total. The number of nitrogens with one attached hydrogen (secondary N) is 1. The standard InChI is InChI=1S/C28H26N4O4/c1-18(19-6-4-3-5-7-19)36-27(35)31-25-23(17-30-32(25)2)20-8-10-21(11-9-20)24-13-12-22(16-29-24)28(14-15-28)26(33)34/h3-13,16-18H,14-15H2,1-2H3,(H,31,35)(H,33,34)/t18-/m1/s1. The highest BCUT2D eigenvalue weighted by atomic mass is 16.6. The van der Waals surface area contributed by atoms with Crippen LogP contribution in [0.3, 0.4) is 0 Å². The molecule has 0 aliphatic heterocycles. The summed E-state index contributed by atoms with van der Waals surface area (Å²) in [6, 6.07) is 21.0. The number of rotatable bonds is 7. The Bertz CT molecular complexity index is 1390. The molecule has 1 aliphatic rings. The normalized spacial score (nSPS) is 14.6. The highest BCUT2D eigenvalue weighted by molar-refractivity contribution is 5.90. The van der Waals surface area contributed by atoms with E-state index in [4.69, 9.17) is 4.74 Å². The van der Waals surface area contributed by atoms with Crippen LogP contribution in [0.4, 0.5) is 10.6 Å². The van der Waals surface area contributed by atoms with Gasteiger partial charge in [-0.3, -0.25) is 19.8 Å². The summed E-state index contributed by atoms with van der Waals surface area (Å²) in [4.78, 5) is 28.7. The van der Waals surface area contributed by atoms with Crippen molar-refractivity contribution in [2.45, 2.75) is 31.3 Å². The van der Waals surface area contributed by atoms with Crippen LogP contribution in [-0.4, -0.2) is 31.9 Å². The van der Waals surface area contributed by atoms with Crippen LogP contribution in [0.25, 0.3) is 22.4 Å². The first-order valence-electron chi connectivity index (χ1n) is 11.7. The lowest BCUT2D eigenvalue weighted by Gasteiger charge is -2.15. The summed E-state index contributed by atoms with van der Waals surface area (Å²) in [5, 5.41) is 16.6. The van der Waals surface area contributed by atoms with E-state index in [0.29, 0.717) is 18.7 Å². The Balaban J connectivity index is 1.30. The minimum atomic E-state index is -0.791. The first-order valence-corrected chi connectivity index (χ1v) is 11.7. The molecule has 4 aromatic rings. The van der Waals surface area contributed by atoms with Crippen LogP contribution in [0.1, 0.15) is 37.0 Å². The van der Waals surface area contributed by atoms with E-state index >= 15 is 0 Å². The Morgan fingerprint density at radius 2 is 1.69 bits per heavy atom. The van der Waals surface area contributed by atoms with Crippen molar-refractivity contribution in [3.05, 3.63) is 90.3 Å². The SMILES string of the molecule is C[C@@H](OC(=O)Nc1c(-c2ccc(-c3ccc(C4(C(=O)O)CC4)cn3)cc2)cnn1C)c1ccccc1. The molecule has 2 aromatic heterocycles. The fourth-order valence-corrected chi connectivity index (χ4v) is 4.30. The minimum Gasteiger partial charge on any atom is -0.481 e. The average molecular weight is 483 g/mol. The number of carboxylic acids is 1. The fourth-order valence-electron chi connectivity index (χ4n) is 4.30. The predicted octanol–water partition coefficient (Wildman–Crippen LogP) is 5.58. The molecular weight excluding hydrogens is 456 g/mol. The van der Waals surface area contributed by atoms with Gasteiger partial charge in [-0.15, -0.1) is 0 Å². The third-order valence-electron chi connectivity index (χ3n) is 6.68. The monoisotopic (exact) mass is 482 g/mol. The molecule has 182 valence electrons. The molecule has 0 saturated heterocycles. The quantitative estimate of drug-likeness (QED) is 0.356. The van der Waals surface area contributed by atoms with Crippen LogP contribution >= 0.6 is 0 Å². The molecule has 2 heterocycles. The molecule has 8 heteroatoms. The van der Waals surface area contributed by atoms with Gasteiger partial charge < -0.3 is 9.84 Å². The van der Waals surface area contributed by atoms with E-state index in [9.17, 15) is 14.7 Å². The van der Waals surface area contributed by atoms with E-state index in [-0.39, 0.29) is 0 Å². The van der Waals surface area contributed by atoms with Crippen LogP contribution in [0.5, 0.6) is 0 Å². The van der Waals surface area contributed by atoms with Crippen molar-refractivity contribution in [1.82, 2.24) is 14.8 Å². The van der Waals surface area contributed by atoms with Crippen molar-refractivity contribution in [3.8, 4) is 22.4 Å². The molecule has 1 fully saturated rings. The number of carboxylic acid groups (broad SMARTS) is 1. The molecule has 1 amide bonds. The van der Waals surface area contributed by atoms with E-state index in [1.807, 2.05) is 73.7 Å². The zero-order chi connectivity index (χ0) is 25.3. The maximum Gasteiger partial charge on any atom is 0.413 e. The second kappa shape index (κ2) is 9.30. The van der Waals surface area contributed by atoms with Crippen LogP contribution in [0.2, 0.25) is 0 Å². The lowest BCUT2D eigenvalue weighted by atomic mass is 9.97. The van der Waals surface area contributed by atoms with Gasteiger partial charge in [-0.05, 0) is 42.5 Å². The molecule has 0 bridgehead atoms. The number of carbonyl (C=O) groups excluding carboxylic acids is 1. The minimum absolute atomic E-state index is 0.397. The number of aryl methyl sites for hydroxylation is 1. The molecule has 1 atom stereocenters. The van der Waals surface area contributed by atoms with Crippen molar-refractivity contribution in [1.29, 1.82) is 0 Å². The number of pyridine rings is 1. The summed E-state index contributed by atoms with van der Waals surface area (Å²) in [7, 11) is 1.75. The van der Waals surface area contributed by atoms with E-state index in [2.05, 4.69) is 15.4 Å². The molecule has 0 unspecified atom stereocenters. The molecule has 1 saturated carbocycles. The number of aliphatic carboxylic acids is 1. The Morgan fingerprint density at radius 3 is 2.31 bits per heavy atom. The van der Waals surface area contributed by atoms with Crippen molar-refractivity contribution in [2.24, 2.45) is 7.05 Å². The Morgan fingerprint density at radius 1 is 1.00 bits per heavy atom. The fraction of sp³-hybridized carbons (Fsp3) is 0.214. The summed E-state index contributed by atoms with van der Waals surface area (Å²) in [6.45, 7) is 1.82. The van der Waals surface area contributed by atoms with Crippen molar-refractivity contribution < 1.29 is 19.4 Å². The topological polar surface area (TPSA) is 106 Å². The lowest BCUT2D eigenvalue weighted by molar-refractivity contribution is -0.140. The number of nitrogens with zero attached hydrogens (tertiary/aromatic N) is 3. The van der Waals surface area contributed by atoms with Crippen molar-refractivity contribution >= 4 is 17.9 Å². The van der Waals surface area contributed by atoms with E-state index < -0.39 is 23.6 Å². The van der Waals surface area contributed by atoms with Gasteiger partial charge in [0.2, 0.25) is 0 Å². The van der Waals surface area contributed by atoms with Crippen LogP contribution in [0.15, 0.2) is 79.1 Å². The Hall–Kier alpha value is -4.46. The smallest absolute Gasteiger partial charge is 0.413 e. The third kappa shape index (κ3) is 4.45. The number of carbonyl (C=O) groups is 2. The Kier molecular flexibility index (Phi) is 6.01. The number of aromatic nitrogens is 3. The number of anilines is 1. The summed E-state index contributed by atoms with van der Waals surface area (Å²) in [6.07, 6.45) is 3.70. The first kappa shape index (κ1) is 23.3. The van der Waals surface area contributed by atoms with Gasteiger partial charge in [-0.2, -0.15) is 5.10 Å². The van der Waals surface area contributed by atoms with Gasteiger partial charge in [0, 0.05) is 24.4 Å². The predicted molar refractivity (Wildman–Crippen MR) is 135 cm³/mol. The molecule has 36 heavy (non-hydrogen) atoms. The number of hydrogen-bond acceptors (Lipinski definition) is 5. The van der Waals surface area contributed by atoms with E-state index in [1.165, 1.54) is 0 Å². The molecule has 2 N–H and O–H groups in total. The number of amides is 1. The summed E-state index contributed by atoms with van der Waals surface area (Å²) < 4.78 is 7.14. The van der Waals surface area contributed by atoms with E-state index in [1.54, 1.807) is 24.1 Å². The van der Waals surface area contributed by atoms with Gasteiger partial charge in [0.1, 0.15) is 11.9 Å². The zero-order valence-corrected chi connectivity index (χ0v) is 20.0. The number of ether oxygens (including phenoxy) is 1. The second-order valence-corrected chi connectivity index (χ2v) is 9.01. The molecule has 0 spiro atoms.